The number of aromatic nitrogens is 4. The Morgan fingerprint density at radius 1 is 1.16 bits per heavy atom. The van der Waals surface area contributed by atoms with Crippen molar-refractivity contribution in [1.29, 1.82) is 0 Å². The number of hydrogen-bond donors (Lipinski definition) is 2. The van der Waals surface area contributed by atoms with Crippen LogP contribution in [-0.4, -0.2) is 57.4 Å². The van der Waals surface area contributed by atoms with Crippen LogP contribution in [0.15, 0.2) is 42.9 Å². The molecular formula is C32H39N7O3S. The van der Waals surface area contributed by atoms with Crippen LogP contribution < -0.4 is 15.4 Å². The first kappa shape index (κ1) is 29.3. The summed E-state index contributed by atoms with van der Waals surface area (Å²) in [7, 11) is 2.08. The first-order valence-corrected chi connectivity index (χ1v) is 16.0. The monoisotopic (exact) mass is 601 g/mol. The van der Waals surface area contributed by atoms with Gasteiger partial charge in [0, 0.05) is 72.3 Å². The van der Waals surface area contributed by atoms with Crippen molar-refractivity contribution in [2.75, 3.05) is 37.4 Å². The van der Waals surface area contributed by atoms with Crippen molar-refractivity contribution in [2.45, 2.75) is 65.3 Å². The van der Waals surface area contributed by atoms with E-state index in [4.69, 9.17) is 14.5 Å². The number of anilines is 2. The molecular weight excluding hydrogens is 562 g/mol. The van der Waals surface area contributed by atoms with Crippen molar-refractivity contribution >= 4 is 28.7 Å². The van der Waals surface area contributed by atoms with Gasteiger partial charge in [0.15, 0.2) is 5.01 Å². The van der Waals surface area contributed by atoms with Crippen LogP contribution in [0.4, 0.5) is 11.5 Å². The van der Waals surface area contributed by atoms with E-state index in [1.807, 2.05) is 61.4 Å². The minimum absolute atomic E-state index is 0.00479. The number of benzene rings is 1. The molecule has 0 bridgehead atoms. The van der Waals surface area contributed by atoms with E-state index < -0.39 is 0 Å². The second-order valence-electron chi connectivity index (χ2n) is 10.8. The van der Waals surface area contributed by atoms with E-state index in [1.54, 1.807) is 0 Å². The molecule has 0 aliphatic carbocycles. The maximum atomic E-state index is 12.9. The second kappa shape index (κ2) is 13.2. The molecule has 0 saturated carbocycles. The number of nitrogens with zero attached hydrogens (tertiary/aromatic N) is 5. The highest BCUT2D eigenvalue weighted by Gasteiger charge is 2.25. The molecule has 43 heavy (non-hydrogen) atoms. The highest BCUT2D eigenvalue weighted by molar-refractivity contribution is 7.13. The molecule has 1 atom stereocenters. The van der Waals surface area contributed by atoms with Gasteiger partial charge in [0.25, 0.3) is 5.91 Å². The van der Waals surface area contributed by atoms with Gasteiger partial charge in [0.2, 0.25) is 0 Å². The molecule has 3 aliphatic rings. The van der Waals surface area contributed by atoms with Gasteiger partial charge in [-0.2, -0.15) is 5.10 Å². The number of pyridine rings is 1. The van der Waals surface area contributed by atoms with Crippen LogP contribution in [0.3, 0.4) is 0 Å². The molecule has 6 heterocycles. The van der Waals surface area contributed by atoms with E-state index in [0.717, 1.165) is 97.0 Å². The lowest BCUT2D eigenvalue weighted by molar-refractivity contribution is -0.0394. The summed E-state index contributed by atoms with van der Waals surface area (Å²) in [5.74, 6) is 1.52. The average Bonchev–Trinajstić information content (AvgIpc) is 3.82. The van der Waals surface area contributed by atoms with Gasteiger partial charge in [-0.1, -0.05) is 26.0 Å². The van der Waals surface area contributed by atoms with E-state index in [1.165, 1.54) is 16.2 Å². The molecule has 4 aromatic rings. The molecule has 226 valence electrons. The Kier molecular flexibility index (Phi) is 9.01. The molecule has 7 rings (SSSR count). The number of hydrogen-bond acceptors (Lipinski definition) is 9. The lowest BCUT2D eigenvalue weighted by Crippen LogP contribution is -2.25. The van der Waals surface area contributed by atoms with Gasteiger partial charge in [-0.15, -0.1) is 11.3 Å². The number of carbonyl (C=O) groups is 1. The van der Waals surface area contributed by atoms with Crippen LogP contribution in [0.25, 0.3) is 11.1 Å². The van der Waals surface area contributed by atoms with Gasteiger partial charge in [-0.05, 0) is 50.4 Å². The van der Waals surface area contributed by atoms with Crippen LogP contribution >= 0.6 is 11.3 Å². The van der Waals surface area contributed by atoms with Crippen molar-refractivity contribution < 1.29 is 14.3 Å². The van der Waals surface area contributed by atoms with Crippen LogP contribution in [0.2, 0.25) is 0 Å². The topological polar surface area (TPSA) is 106 Å². The summed E-state index contributed by atoms with van der Waals surface area (Å²) in [6, 6.07) is 7.87. The number of carbonyl (C=O) groups excluding carboxylic acids is 1. The molecule has 2 N–H and O–H groups in total. The Morgan fingerprint density at radius 2 is 2.07 bits per heavy atom. The van der Waals surface area contributed by atoms with Crippen LogP contribution in [-0.2, 0) is 30.7 Å². The summed E-state index contributed by atoms with van der Waals surface area (Å²) in [4.78, 5) is 25.8. The zero-order valence-corrected chi connectivity index (χ0v) is 25.9. The SMILES string of the molecule is CC.CN1CCc2sc(C(=O)Nc3cccc(CNc4ncc(-c5cnn(C6CCCCO6)c5)c5c4CCO5)c3)nc2C1. The predicted octanol–water partition coefficient (Wildman–Crippen LogP) is 5.91. The third-order valence-corrected chi connectivity index (χ3v) is 9.00. The Balaban J connectivity index is 0.00000161. The Morgan fingerprint density at radius 3 is 2.93 bits per heavy atom. The fraction of sp³-hybridized carbons (Fsp3) is 0.438. The average molecular weight is 602 g/mol. The Labute approximate surface area is 256 Å². The Bertz CT molecular complexity index is 1580. The zero-order valence-electron chi connectivity index (χ0n) is 25.1. The number of amides is 1. The summed E-state index contributed by atoms with van der Waals surface area (Å²) in [5.41, 5.74) is 5.81. The van der Waals surface area contributed by atoms with Gasteiger partial charge >= 0.3 is 0 Å². The van der Waals surface area contributed by atoms with Crippen LogP contribution in [0, 0.1) is 0 Å². The molecule has 1 saturated heterocycles. The third kappa shape index (κ3) is 6.43. The zero-order chi connectivity index (χ0) is 29.8. The largest absolute Gasteiger partial charge is 0.492 e. The first-order valence-electron chi connectivity index (χ1n) is 15.2. The minimum atomic E-state index is -0.164. The lowest BCUT2D eigenvalue weighted by Gasteiger charge is -2.22. The maximum absolute atomic E-state index is 12.9. The fourth-order valence-corrected chi connectivity index (χ4v) is 6.62. The smallest absolute Gasteiger partial charge is 0.284 e. The standard InChI is InChI=1S/C30H33N7O3S.C2H6/c1-36-10-8-25-24(18-36)35-30(41-25)29(38)34-21-6-4-5-19(13-21)14-31-28-22-9-12-40-27(22)23(16-32-28)20-15-33-37(17-20)26-7-2-3-11-39-26;1-2/h4-6,13,15-17,26H,2-3,7-12,14,18H2,1H3,(H,31,32)(H,34,38);1-2H3. The molecule has 11 heteroatoms. The van der Waals surface area contributed by atoms with Crippen molar-refractivity contribution in [1.82, 2.24) is 24.6 Å². The molecule has 0 radical (unpaired) electrons. The molecule has 3 aromatic heterocycles. The highest BCUT2D eigenvalue weighted by atomic mass is 32.1. The molecule has 1 aromatic carbocycles. The maximum Gasteiger partial charge on any atom is 0.284 e. The van der Waals surface area contributed by atoms with E-state index in [9.17, 15) is 4.79 Å². The number of rotatable bonds is 7. The highest BCUT2D eigenvalue weighted by Crippen LogP contribution is 2.40. The summed E-state index contributed by atoms with van der Waals surface area (Å²) in [6.45, 7) is 7.76. The van der Waals surface area contributed by atoms with Crippen molar-refractivity contribution in [3.8, 4) is 16.9 Å². The molecule has 3 aliphatic heterocycles. The van der Waals surface area contributed by atoms with Crippen molar-refractivity contribution in [3.63, 3.8) is 0 Å². The summed E-state index contributed by atoms with van der Waals surface area (Å²) in [5, 5.41) is 11.6. The molecule has 10 nitrogen and oxygen atoms in total. The van der Waals surface area contributed by atoms with Gasteiger partial charge in [-0.3, -0.25) is 4.79 Å². The quantitative estimate of drug-likeness (QED) is 0.269. The van der Waals surface area contributed by atoms with Gasteiger partial charge < -0.3 is 25.0 Å². The second-order valence-corrected chi connectivity index (χ2v) is 11.9. The molecule has 1 unspecified atom stereocenters. The van der Waals surface area contributed by atoms with Crippen LogP contribution in [0.5, 0.6) is 5.75 Å². The summed E-state index contributed by atoms with van der Waals surface area (Å²) >= 11 is 1.50. The predicted molar refractivity (Wildman–Crippen MR) is 169 cm³/mol. The van der Waals surface area contributed by atoms with Gasteiger partial charge in [0.05, 0.1) is 18.5 Å². The normalized spacial score (nSPS) is 17.7. The molecule has 1 amide bonds. The Hall–Kier alpha value is -3.80. The van der Waals surface area contributed by atoms with Crippen molar-refractivity contribution in [3.05, 3.63) is 69.6 Å². The number of ether oxygens (including phenoxy) is 2. The first-order chi connectivity index (χ1) is 21.1. The number of fused-ring (bicyclic) bond motifs is 2. The van der Waals surface area contributed by atoms with E-state index in [2.05, 4.69) is 32.7 Å². The van der Waals surface area contributed by atoms with Gasteiger partial charge in [0.1, 0.15) is 17.8 Å². The van der Waals surface area contributed by atoms with E-state index >= 15 is 0 Å². The molecule has 0 spiro atoms. The van der Waals surface area contributed by atoms with E-state index in [0.29, 0.717) is 18.2 Å². The number of nitrogens with one attached hydrogen (secondary N) is 2. The fourth-order valence-electron chi connectivity index (χ4n) is 5.67. The van der Waals surface area contributed by atoms with Crippen molar-refractivity contribution in [2.24, 2.45) is 0 Å². The minimum Gasteiger partial charge on any atom is -0.492 e. The van der Waals surface area contributed by atoms with Crippen LogP contribution in [0.1, 0.15) is 70.8 Å². The van der Waals surface area contributed by atoms with Gasteiger partial charge in [-0.25, -0.2) is 14.6 Å². The third-order valence-electron chi connectivity index (χ3n) is 7.85. The number of likely N-dealkylation sites (N-methyl/N-ethyl adjacent to an activating group) is 1. The lowest BCUT2D eigenvalue weighted by atomic mass is 10.1. The summed E-state index contributed by atoms with van der Waals surface area (Å²) < 4.78 is 13.9. The summed E-state index contributed by atoms with van der Waals surface area (Å²) in [6.07, 6.45) is 10.7. The van der Waals surface area contributed by atoms with E-state index in [-0.39, 0.29) is 12.1 Å². The number of thiazole rings is 1. The molecule has 1 fully saturated rings.